The first-order chi connectivity index (χ1) is 8.11. The van der Waals surface area contributed by atoms with E-state index in [1.165, 1.54) is 0 Å². The number of hydrogen-bond donors (Lipinski definition) is 3. The lowest BCUT2D eigenvalue weighted by atomic mass is 10.0. The highest BCUT2D eigenvalue weighted by Gasteiger charge is 2.18. The van der Waals surface area contributed by atoms with Crippen molar-refractivity contribution in [1.82, 2.24) is 5.32 Å². The molecule has 106 valence electrons. The molecule has 2 unspecified atom stereocenters. The average molecular weight is 258 g/mol. The molecule has 0 aliphatic rings. The number of amides is 1. The van der Waals surface area contributed by atoms with Crippen LogP contribution in [-0.4, -0.2) is 28.6 Å². The standard InChI is InChI=1S/C13H26N2O3/c1-9(12(17)18)6-5-7-10(2)15-11(16)8-13(3,4)14/h9-10H,5-8,14H2,1-4H3,(H,15,16)(H,17,18). The first kappa shape index (κ1) is 16.9. The van der Waals surface area contributed by atoms with Crippen LogP contribution in [-0.2, 0) is 9.59 Å². The summed E-state index contributed by atoms with van der Waals surface area (Å²) in [7, 11) is 0. The summed E-state index contributed by atoms with van der Waals surface area (Å²) in [5.41, 5.74) is 5.26. The fourth-order valence-corrected chi connectivity index (χ4v) is 1.67. The number of carbonyl (C=O) groups excluding carboxylic acids is 1. The van der Waals surface area contributed by atoms with E-state index >= 15 is 0 Å². The fraction of sp³-hybridized carbons (Fsp3) is 0.846. The van der Waals surface area contributed by atoms with Gasteiger partial charge in [-0.15, -0.1) is 0 Å². The lowest BCUT2D eigenvalue weighted by Crippen LogP contribution is -2.41. The second kappa shape index (κ2) is 7.36. The van der Waals surface area contributed by atoms with Crippen LogP contribution in [0.3, 0.4) is 0 Å². The van der Waals surface area contributed by atoms with Crippen molar-refractivity contribution in [3.63, 3.8) is 0 Å². The highest BCUT2D eigenvalue weighted by molar-refractivity contribution is 5.77. The Balaban J connectivity index is 3.81. The molecular weight excluding hydrogens is 232 g/mol. The molecule has 2 atom stereocenters. The molecule has 0 saturated carbocycles. The van der Waals surface area contributed by atoms with Gasteiger partial charge in [0.15, 0.2) is 0 Å². The van der Waals surface area contributed by atoms with Crippen LogP contribution in [0.25, 0.3) is 0 Å². The molecule has 0 rings (SSSR count). The van der Waals surface area contributed by atoms with Gasteiger partial charge in [-0.05, 0) is 33.6 Å². The SMILES string of the molecule is CC(CCCC(C)C(=O)O)NC(=O)CC(C)(C)N. The molecule has 5 heteroatoms. The zero-order chi connectivity index (χ0) is 14.3. The van der Waals surface area contributed by atoms with Gasteiger partial charge in [0, 0.05) is 18.0 Å². The van der Waals surface area contributed by atoms with Crippen LogP contribution in [0, 0.1) is 5.92 Å². The summed E-state index contributed by atoms with van der Waals surface area (Å²) in [5, 5.41) is 11.6. The Hall–Kier alpha value is -1.10. The van der Waals surface area contributed by atoms with E-state index in [-0.39, 0.29) is 17.9 Å². The predicted octanol–water partition coefficient (Wildman–Crippen LogP) is 1.51. The summed E-state index contributed by atoms with van der Waals surface area (Å²) in [6.45, 7) is 7.24. The molecular formula is C13H26N2O3. The van der Waals surface area contributed by atoms with Crippen molar-refractivity contribution < 1.29 is 14.7 Å². The molecule has 0 aromatic carbocycles. The summed E-state index contributed by atoms with van der Waals surface area (Å²) in [4.78, 5) is 22.2. The third kappa shape index (κ3) is 8.98. The van der Waals surface area contributed by atoms with Crippen LogP contribution in [0.5, 0.6) is 0 Å². The number of nitrogens with one attached hydrogen (secondary N) is 1. The molecule has 0 aromatic heterocycles. The Morgan fingerprint density at radius 2 is 1.83 bits per heavy atom. The molecule has 18 heavy (non-hydrogen) atoms. The van der Waals surface area contributed by atoms with Crippen LogP contribution in [0.15, 0.2) is 0 Å². The summed E-state index contributed by atoms with van der Waals surface area (Å²) in [5.74, 6) is -1.14. The number of hydrogen-bond acceptors (Lipinski definition) is 3. The van der Waals surface area contributed by atoms with E-state index in [0.29, 0.717) is 12.8 Å². The number of nitrogens with two attached hydrogens (primary N) is 1. The molecule has 4 N–H and O–H groups in total. The maximum Gasteiger partial charge on any atom is 0.306 e. The van der Waals surface area contributed by atoms with Gasteiger partial charge in [-0.2, -0.15) is 0 Å². The maximum atomic E-state index is 11.6. The van der Waals surface area contributed by atoms with Gasteiger partial charge in [0.05, 0.1) is 5.92 Å². The van der Waals surface area contributed by atoms with Crippen molar-refractivity contribution in [2.45, 2.75) is 65.0 Å². The molecule has 0 spiro atoms. The number of carboxylic acids is 1. The van der Waals surface area contributed by atoms with E-state index < -0.39 is 11.5 Å². The van der Waals surface area contributed by atoms with E-state index in [9.17, 15) is 9.59 Å². The molecule has 5 nitrogen and oxygen atoms in total. The molecule has 0 aromatic rings. The van der Waals surface area contributed by atoms with Gasteiger partial charge in [-0.25, -0.2) is 0 Å². The molecule has 0 radical (unpaired) electrons. The maximum absolute atomic E-state index is 11.6. The number of carboxylic acid groups (broad SMARTS) is 1. The van der Waals surface area contributed by atoms with Gasteiger partial charge in [0.2, 0.25) is 5.91 Å². The van der Waals surface area contributed by atoms with Crippen molar-refractivity contribution in [1.29, 1.82) is 0 Å². The van der Waals surface area contributed by atoms with Crippen molar-refractivity contribution in [2.75, 3.05) is 0 Å². The topological polar surface area (TPSA) is 92.4 Å². The summed E-state index contributed by atoms with van der Waals surface area (Å²) in [6, 6.07) is 0.0563. The minimum absolute atomic E-state index is 0.0544. The molecule has 0 bridgehead atoms. The van der Waals surface area contributed by atoms with Crippen LogP contribution < -0.4 is 11.1 Å². The Kier molecular flexibility index (Phi) is 6.91. The first-order valence-electron chi connectivity index (χ1n) is 6.43. The summed E-state index contributed by atoms with van der Waals surface area (Å²) in [6.07, 6.45) is 2.51. The van der Waals surface area contributed by atoms with Crippen LogP contribution in [0.1, 0.15) is 53.4 Å². The van der Waals surface area contributed by atoms with Crippen molar-refractivity contribution in [3.05, 3.63) is 0 Å². The Morgan fingerprint density at radius 3 is 2.28 bits per heavy atom. The monoisotopic (exact) mass is 258 g/mol. The molecule has 0 aliphatic carbocycles. The first-order valence-corrected chi connectivity index (χ1v) is 6.43. The van der Waals surface area contributed by atoms with E-state index in [1.807, 2.05) is 20.8 Å². The Morgan fingerprint density at radius 1 is 1.28 bits per heavy atom. The van der Waals surface area contributed by atoms with E-state index in [2.05, 4.69) is 5.32 Å². The van der Waals surface area contributed by atoms with Gasteiger partial charge < -0.3 is 16.2 Å². The normalized spacial score (nSPS) is 14.9. The second-order valence-electron chi connectivity index (χ2n) is 5.80. The lowest BCUT2D eigenvalue weighted by Gasteiger charge is -2.20. The zero-order valence-electron chi connectivity index (χ0n) is 11.8. The van der Waals surface area contributed by atoms with E-state index in [0.717, 1.165) is 12.8 Å². The number of rotatable bonds is 8. The predicted molar refractivity (Wildman–Crippen MR) is 71.1 cm³/mol. The second-order valence-corrected chi connectivity index (χ2v) is 5.80. The van der Waals surface area contributed by atoms with E-state index in [4.69, 9.17) is 10.8 Å². The zero-order valence-corrected chi connectivity index (χ0v) is 11.8. The van der Waals surface area contributed by atoms with Crippen LogP contribution in [0.4, 0.5) is 0 Å². The average Bonchev–Trinajstić information content (AvgIpc) is 2.13. The molecule has 0 saturated heterocycles. The molecule has 0 heterocycles. The smallest absolute Gasteiger partial charge is 0.306 e. The van der Waals surface area contributed by atoms with E-state index in [1.54, 1.807) is 6.92 Å². The van der Waals surface area contributed by atoms with Crippen molar-refractivity contribution in [2.24, 2.45) is 11.7 Å². The van der Waals surface area contributed by atoms with Crippen molar-refractivity contribution in [3.8, 4) is 0 Å². The fourth-order valence-electron chi connectivity index (χ4n) is 1.67. The Bertz CT molecular complexity index is 284. The van der Waals surface area contributed by atoms with Gasteiger partial charge in [0.1, 0.15) is 0 Å². The van der Waals surface area contributed by atoms with Crippen molar-refractivity contribution >= 4 is 11.9 Å². The number of aliphatic carboxylic acids is 1. The van der Waals surface area contributed by atoms with Gasteiger partial charge >= 0.3 is 5.97 Å². The highest BCUT2D eigenvalue weighted by Crippen LogP contribution is 2.10. The third-order valence-corrected chi connectivity index (χ3v) is 2.72. The Labute approximate surface area is 109 Å². The minimum Gasteiger partial charge on any atom is -0.481 e. The lowest BCUT2D eigenvalue weighted by molar-refractivity contribution is -0.141. The minimum atomic E-state index is -0.767. The number of carbonyl (C=O) groups is 2. The molecule has 1 amide bonds. The summed E-state index contributed by atoms with van der Waals surface area (Å²) < 4.78 is 0. The quantitative estimate of drug-likeness (QED) is 0.615. The largest absolute Gasteiger partial charge is 0.481 e. The van der Waals surface area contributed by atoms with Gasteiger partial charge in [0.25, 0.3) is 0 Å². The van der Waals surface area contributed by atoms with Gasteiger partial charge in [-0.3, -0.25) is 9.59 Å². The third-order valence-electron chi connectivity index (χ3n) is 2.72. The molecule has 0 aliphatic heterocycles. The van der Waals surface area contributed by atoms with Gasteiger partial charge in [-0.1, -0.05) is 13.3 Å². The van der Waals surface area contributed by atoms with Crippen LogP contribution >= 0.6 is 0 Å². The van der Waals surface area contributed by atoms with Crippen LogP contribution in [0.2, 0.25) is 0 Å². The highest BCUT2D eigenvalue weighted by atomic mass is 16.4. The summed E-state index contributed by atoms with van der Waals surface area (Å²) >= 11 is 0. The molecule has 0 fully saturated rings.